The molecule has 8 nitrogen and oxygen atoms in total. The van der Waals surface area contributed by atoms with Crippen molar-refractivity contribution in [3.05, 3.63) is 93.4 Å². The molecule has 3 rings (SSSR count). The fraction of sp³-hybridized carbons (Fsp3) is 0.217. The second-order valence-electron chi connectivity index (χ2n) is 7.23. The molecule has 32 heavy (non-hydrogen) atoms. The van der Waals surface area contributed by atoms with Gasteiger partial charge in [-0.3, -0.25) is 9.59 Å². The summed E-state index contributed by atoms with van der Waals surface area (Å²) >= 11 is 0. The van der Waals surface area contributed by atoms with Gasteiger partial charge in [0.2, 0.25) is 15.5 Å². The third kappa shape index (κ3) is 5.24. The molecule has 1 amide bonds. The van der Waals surface area contributed by atoms with Gasteiger partial charge in [-0.25, -0.2) is 13.1 Å². The van der Waals surface area contributed by atoms with E-state index >= 15 is 0 Å². The average Bonchev–Trinajstić information content (AvgIpc) is 2.78. The van der Waals surface area contributed by atoms with Gasteiger partial charge < -0.3 is 14.6 Å². The first kappa shape index (κ1) is 23.2. The van der Waals surface area contributed by atoms with Crippen LogP contribution >= 0.6 is 0 Å². The maximum atomic E-state index is 12.8. The summed E-state index contributed by atoms with van der Waals surface area (Å²) in [4.78, 5) is 25.5. The monoisotopic (exact) mass is 455 g/mol. The highest BCUT2D eigenvalue weighted by Crippen LogP contribution is 2.18. The molecule has 0 fully saturated rings. The number of nitrogens with zero attached hydrogens (tertiary/aromatic N) is 1. The number of carbonyl (C=O) groups is 1. The number of amides is 1. The summed E-state index contributed by atoms with van der Waals surface area (Å²) in [5, 5.41) is 2.50. The predicted molar refractivity (Wildman–Crippen MR) is 121 cm³/mol. The van der Waals surface area contributed by atoms with E-state index in [2.05, 4.69) is 10.0 Å². The number of rotatable bonds is 8. The van der Waals surface area contributed by atoms with Crippen molar-refractivity contribution in [2.75, 3.05) is 7.05 Å². The van der Waals surface area contributed by atoms with Crippen LogP contribution in [0.4, 0.5) is 0 Å². The number of pyridine rings is 1. The molecule has 0 aliphatic carbocycles. The van der Waals surface area contributed by atoms with Gasteiger partial charge in [0, 0.05) is 25.9 Å². The highest BCUT2D eigenvalue weighted by atomic mass is 32.2. The van der Waals surface area contributed by atoms with Gasteiger partial charge in [-0.05, 0) is 30.2 Å². The fourth-order valence-electron chi connectivity index (χ4n) is 3.17. The van der Waals surface area contributed by atoms with Crippen LogP contribution in [0.1, 0.15) is 27.3 Å². The molecule has 0 bridgehead atoms. The second-order valence-corrected chi connectivity index (χ2v) is 9.00. The Balaban J connectivity index is 1.91. The van der Waals surface area contributed by atoms with Crippen LogP contribution in [0.25, 0.3) is 0 Å². The molecule has 2 N–H and O–H groups in total. The van der Waals surface area contributed by atoms with E-state index < -0.39 is 21.4 Å². The first-order chi connectivity index (χ1) is 15.2. The summed E-state index contributed by atoms with van der Waals surface area (Å²) in [7, 11) is -0.778. The number of carbonyl (C=O) groups excluding carboxylic acids is 1. The van der Waals surface area contributed by atoms with Crippen LogP contribution in [0.15, 0.2) is 70.4 Å². The molecule has 0 saturated carbocycles. The number of ether oxygens (including phenoxy) is 1. The molecule has 1 heterocycles. The average molecular weight is 456 g/mol. The lowest BCUT2D eigenvalue weighted by Crippen LogP contribution is -2.31. The minimum absolute atomic E-state index is 0.0145. The zero-order valence-corrected chi connectivity index (χ0v) is 18.9. The van der Waals surface area contributed by atoms with Crippen molar-refractivity contribution in [2.45, 2.75) is 25.0 Å². The van der Waals surface area contributed by atoms with E-state index in [-0.39, 0.29) is 29.5 Å². The van der Waals surface area contributed by atoms with Crippen LogP contribution in [0.5, 0.6) is 5.75 Å². The van der Waals surface area contributed by atoms with Gasteiger partial charge in [0.05, 0.1) is 11.4 Å². The number of nitrogens with one attached hydrogen (secondary N) is 2. The number of benzene rings is 2. The van der Waals surface area contributed by atoms with Gasteiger partial charge in [-0.2, -0.15) is 0 Å². The van der Waals surface area contributed by atoms with Crippen molar-refractivity contribution in [1.82, 2.24) is 14.6 Å². The van der Waals surface area contributed by atoms with Gasteiger partial charge in [-0.1, -0.05) is 42.5 Å². The minimum atomic E-state index is -3.80. The summed E-state index contributed by atoms with van der Waals surface area (Å²) in [6, 6.07) is 17.0. The smallest absolute Gasteiger partial charge is 0.271 e. The lowest BCUT2D eigenvalue weighted by Gasteiger charge is -2.18. The Morgan fingerprint density at radius 1 is 1.06 bits per heavy atom. The lowest BCUT2D eigenvalue weighted by molar-refractivity contribution is 0.0948. The van der Waals surface area contributed by atoms with E-state index in [1.165, 1.54) is 23.7 Å². The molecule has 9 heteroatoms. The molecule has 0 radical (unpaired) electrons. The predicted octanol–water partition coefficient (Wildman–Crippen LogP) is 2.11. The van der Waals surface area contributed by atoms with Crippen LogP contribution in [0.2, 0.25) is 0 Å². The van der Waals surface area contributed by atoms with Gasteiger partial charge in [-0.15, -0.1) is 0 Å². The van der Waals surface area contributed by atoms with Crippen LogP contribution in [0, 0.1) is 6.92 Å². The zero-order chi connectivity index (χ0) is 23.3. The molecule has 0 unspecified atom stereocenters. The fourth-order valence-corrected chi connectivity index (χ4v) is 4.28. The Morgan fingerprint density at radius 3 is 2.44 bits per heavy atom. The molecular formula is C23H25N3O5S. The van der Waals surface area contributed by atoms with Crippen LogP contribution in [0.3, 0.4) is 0 Å². The van der Waals surface area contributed by atoms with E-state index in [9.17, 15) is 18.0 Å². The highest BCUT2D eigenvalue weighted by molar-refractivity contribution is 7.89. The summed E-state index contributed by atoms with van der Waals surface area (Å²) < 4.78 is 35.0. The van der Waals surface area contributed by atoms with Crippen molar-refractivity contribution in [3.8, 4) is 5.75 Å². The normalized spacial score (nSPS) is 11.2. The molecule has 1 aromatic heterocycles. The van der Waals surface area contributed by atoms with Crippen LogP contribution < -0.4 is 20.2 Å². The van der Waals surface area contributed by atoms with E-state index in [1.54, 1.807) is 32.2 Å². The van der Waals surface area contributed by atoms with E-state index in [0.717, 1.165) is 11.1 Å². The van der Waals surface area contributed by atoms with Crippen LogP contribution in [-0.2, 0) is 30.2 Å². The zero-order valence-electron chi connectivity index (χ0n) is 18.1. The quantitative estimate of drug-likeness (QED) is 0.541. The first-order valence-corrected chi connectivity index (χ1v) is 11.4. The van der Waals surface area contributed by atoms with Crippen molar-refractivity contribution < 1.29 is 17.9 Å². The molecule has 0 saturated heterocycles. The standard InChI is InChI=1S/C23H25N3O5S/c1-16-8-7-11-19(12-16)32(29,30)25-14-18-13-20(27)22(21(26(18)3)23(28)24-2)31-15-17-9-5-4-6-10-17/h4-13,25H,14-15H2,1-3H3,(H,24,28). The van der Waals surface area contributed by atoms with Gasteiger partial charge in [0.15, 0.2) is 11.4 Å². The SMILES string of the molecule is CNC(=O)c1c(OCc2ccccc2)c(=O)cc(CNS(=O)(=O)c2cccc(C)c2)n1C. The number of hydrogen-bond acceptors (Lipinski definition) is 5. The summed E-state index contributed by atoms with van der Waals surface area (Å²) in [6.07, 6.45) is 0. The summed E-state index contributed by atoms with van der Waals surface area (Å²) in [6.45, 7) is 1.73. The van der Waals surface area contributed by atoms with Crippen LogP contribution in [-0.4, -0.2) is 25.9 Å². The largest absolute Gasteiger partial charge is 0.483 e. The van der Waals surface area contributed by atoms with Crippen molar-refractivity contribution in [2.24, 2.45) is 7.05 Å². The third-order valence-corrected chi connectivity index (χ3v) is 6.31. The van der Waals surface area contributed by atoms with E-state index in [0.29, 0.717) is 5.69 Å². The maximum absolute atomic E-state index is 12.8. The Labute approximate surface area is 186 Å². The molecular weight excluding hydrogens is 430 g/mol. The molecule has 0 aliphatic heterocycles. The Morgan fingerprint density at radius 2 is 1.78 bits per heavy atom. The van der Waals surface area contributed by atoms with E-state index in [1.807, 2.05) is 30.3 Å². The van der Waals surface area contributed by atoms with Gasteiger partial charge >= 0.3 is 0 Å². The number of sulfonamides is 1. The highest BCUT2D eigenvalue weighted by Gasteiger charge is 2.22. The molecule has 168 valence electrons. The molecule has 0 aliphatic rings. The van der Waals surface area contributed by atoms with Gasteiger partial charge in [0.25, 0.3) is 5.91 Å². The molecule has 2 aromatic carbocycles. The molecule has 0 atom stereocenters. The Bertz CT molecular complexity index is 1280. The Kier molecular flexibility index (Phi) is 7.12. The lowest BCUT2D eigenvalue weighted by atomic mass is 10.2. The molecule has 3 aromatic rings. The van der Waals surface area contributed by atoms with E-state index in [4.69, 9.17) is 4.74 Å². The maximum Gasteiger partial charge on any atom is 0.271 e. The Hall–Kier alpha value is -3.43. The van der Waals surface area contributed by atoms with Gasteiger partial charge in [0.1, 0.15) is 6.61 Å². The third-order valence-electron chi connectivity index (χ3n) is 4.91. The van der Waals surface area contributed by atoms with Crippen molar-refractivity contribution in [3.63, 3.8) is 0 Å². The summed E-state index contributed by atoms with van der Waals surface area (Å²) in [5.74, 6) is -0.614. The number of aryl methyl sites for hydroxylation is 1. The van der Waals surface area contributed by atoms with Crippen molar-refractivity contribution >= 4 is 15.9 Å². The minimum Gasteiger partial charge on any atom is -0.483 e. The topological polar surface area (TPSA) is 106 Å². The first-order valence-electron chi connectivity index (χ1n) is 9.91. The van der Waals surface area contributed by atoms with Crippen molar-refractivity contribution in [1.29, 1.82) is 0 Å². The molecule has 0 spiro atoms. The second kappa shape index (κ2) is 9.80. The summed E-state index contributed by atoms with van der Waals surface area (Å²) in [5.41, 5.74) is 1.47. The number of hydrogen-bond donors (Lipinski definition) is 2. The number of aromatic nitrogens is 1.